The summed E-state index contributed by atoms with van der Waals surface area (Å²) in [7, 11) is 0. The van der Waals surface area contributed by atoms with E-state index in [9.17, 15) is 13.2 Å². The van der Waals surface area contributed by atoms with Crippen molar-refractivity contribution in [2.24, 2.45) is 0 Å². The third kappa shape index (κ3) is 3.56. The molecule has 0 aromatic carbocycles. The summed E-state index contributed by atoms with van der Waals surface area (Å²) in [6.45, 7) is 1.04. The molecule has 0 amide bonds. The second kappa shape index (κ2) is 3.25. The summed E-state index contributed by atoms with van der Waals surface area (Å²) in [5.74, 6) is 0. The van der Waals surface area contributed by atoms with Crippen LogP contribution >= 0.6 is 15.9 Å². The highest BCUT2D eigenvalue weighted by Gasteiger charge is 2.29. The molecule has 0 heterocycles. The molecule has 4 heteroatoms. The zero-order chi connectivity index (χ0) is 7.49. The van der Waals surface area contributed by atoms with E-state index in [0.29, 0.717) is 0 Å². The minimum absolute atomic E-state index is 0.248. The Labute approximate surface area is 59.9 Å². The van der Waals surface area contributed by atoms with E-state index in [0.717, 1.165) is 13.0 Å². The monoisotopic (exact) mass is 202 g/mol. The molecule has 0 saturated carbocycles. The minimum Gasteiger partial charge on any atom is -0.167 e. The van der Waals surface area contributed by atoms with Crippen LogP contribution in [-0.4, -0.2) is 11.5 Å². The normalized spacial score (nSPS) is 14.1. The number of alkyl halides is 4. The number of hydrogen-bond acceptors (Lipinski definition) is 0. The molecule has 9 heavy (non-hydrogen) atoms. The zero-order valence-corrected chi connectivity index (χ0v) is 6.38. The molecule has 0 rings (SSSR count). The smallest absolute Gasteiger partial charge is 0.167 e. The van der Waals surface area contributed by atoms with Gasteiger partial charge in [0, 0.05) is 10.9 Å². The van der Waals surface area contributed by atoms with E-state index in [2.05, 4.69) is 15.9 Å². The van der Waals surface area contributed by atoms with Crippen LogP contribution in [0.2, 0.25) is 0 Å². The lowest BCUT2D eigenvalue weighted by molar-refractivity contribution is -0.0914. The maximum atomic E-state index is 11.5. The molecular weight excluding hydrogens is 197 g/mol. The fraction of sp³-hybridized carbons (Fsp3) is 0.600. The number of hydrogen-bond donors (Lipinski definition) is 0. The Morgan fingerprint density at radius 1 is 1.56 bits per heavy atom. The fourth-order valence-corrected chi connectivity index (χ4v) is 0.717. The Hall–Kier alpha value is 0.01000. The second-order valence-electron chi connectivity index (χ2n) is 1.54. The largest absolute Gasteiger partial charge is 0.412 e. The molecule has 0 aromatic rings. The first-order valence-electron chi connectivity index (χ1n) is 2.28. The summed E-state index contributed by atoms with van der Waals surface area (Å²) in [5, 5.41) is 0.248. The Kier molecular flexibility index (Phi) is 3.25. The van der Waals surface area contributed by atoms with Gasteiger partial charge in [-0.3, -0.25) is 0 Å². The molecule has 54 valence electrons. The summed E-state index contributed by atoms with van der Waals surface area (Å²) in [6, 6.07) is 0. The van der Waals surface area contributed by atoms with E-state index in [1.807, 2.05) is 0 Å². The van der Waals surface area contributed by atoms with E-state index < -0.39 is 11.7 Å². The van der Waals surface area contributed by atoms with Gasteiger partial charge in [0.15, 0.2) is 0 Å². The highest BCUT2D eigenvalue weighted by molar-refractivity contribution is 9.09. The molecule has 0 aliphatic rings. The molecule has 0 N–H and O–H groups in total. The highest BCUT2D eigenvalue weighted by atomic mass is 79.9. The van der Waals surface area contributed by atoms with Gasteiger partial charge in [-0.1, -0.05) is 22.0 Å². The van der Waals surface area contributed by atoms with Crippen molar-refractivity contribution in [2.75, 3.05) is 5.33 Å². The van der Waals surface area contributed by atoms with Crippen molar-refractivity contribution in [2.45, 2.75) is 13.1 Å². The molecule has 0 aliphatic carbocycles. The summed E-state index contributed by atoms with van der Waals surface area (Å²) >= 11 is 2.87. The van der Waals surface area contributed by atoms with Crippen molar-refractivity contribution in [3.63, 3.8) is 0 Å². The lowest BCUT2D eigenvalue weighted by Crippen LogP contribution is -2.08. The van der Waals surface area contributed by atoms with Crippen LogP contribution in [0.25, 0.3) is 0 Å². The van der Waals surface area contributed by atoms with Crippen LogP contribution in [0.4, 0.5) is 13.2 Å². The molecule has 0 spiro atoms. The van der Waals surface area contributed by atoms with Gasteiger partial charge in [-0.05, 0) is 6.92 Å². The van der Waals surface area contributed by atoms with Crippen LogP contribution in [0.5, 0.6) is 0 Å². The fourth-order valence-electron chi connectivity index (χ4n) is 0.231. The average Bonchev–Trinajstić information content (AvgIpc) is 1.64. The SMILES string of the molecule is CC(=CCBr)C(F)(F)F. The number of rotatable bonds is 1. The molecule has 0 aliphatic heterocycles. The Balaban J connectivity index is 4.03. The maximum absolute atomic E-state index is 11.5. The summed E-state index contributed by atoms with van der Waals surface area (Å²) in [6.07, 6.45) is -3.08. The first-order valence-corrected chi connectivity index (χ1v) is 3.40. The van der Waals surface area contributed by atoms with E-state index in [-0.39, 0.29) is 5.33 Å². The first kappa shape index (κ1) is 9.01. The molecule has 0 atom stereocenters. The average molecular weight is 203 g/mol. The van der Waals surface area contributed by atoms with Gasteiger partial charge >= 0.3 is 6.18 Å². The van der Waals surface area contributed by atoms with Crippen molar-refractivity contribution in [1.82, 2.24) is 0 Å². The van der Waals surface area contributed by atoms with Crippen LogP contribution < -0.4 is 0 Å². The van der Waals surface area contributed by atoms with Gasteiger partial charge in [0.05, 0.1) is 0 Å². The first-order chi connectivity index (χ1) is 3.98. The molecule has 0 unspecified atom stereocenters. The molecular formula is C5H6BrF3. The number of allylic oxidation sites excluding steroid dienone is 2. The standard InChI is InChI=1S/C5H6BrF3/c1-4(2-3-6)5(7,8)9/h2H,3H2,1H3. The van der Waals surface area contributed by atoms with Gasteiger partial charge < -0.3 is 0 Å². The van der Waals surface area contributed by atoms with Crippen molar-refractivity contribution in [1.29, 1.82) is 0 Å². The van der Waals surface area contributed by atoms with Crippen LogP contribution in [-0.2, 0) is 0 Å². The topological polar surface area (TPSA) is 0 Å². The van der Waals surface area contributed by atoms with Gasteiger partial charge in [-0.25, -0.2) is 0 Å². The van der Waals surface area contributed by atoms with E-state index in [1.165, 1.54) is 0 Å². The van der Waals surface area contributed by atoms with Crippen LogP contribution in [0.15, 0.2) is 11.6 Å². The van der Waals surface area contributed by atoms with Crippen LogP contribution in [0.3, 0.4) is 0 Å². The van der Waals surface area contributed by atoms with Gasteiger partial charge in [0.1, 0.15) is 0 Å². The van der Waals surface area contributed by atoms with Crippen molar-refractivity contribution < 1.29 is 13.2 Å². The Morgan fingerprint density at radius 2 is 2.00 bits per heavy atom. The lowest BCUT2D eigenvalue weighted by Gasteiger charge is -2.03. The Bertz CT molecular complexity index is 114. The van der Waals surface area contributed by atoms with Crippen molar-refractivity contribution in [3.8, 4) is 0 Å². The maximum Gasteiger partial charge on any atom is 0.412 e. The van der Waals surface area contributed by atoms with E-state index in [4.69, 9.17) is 0 Å². The van der Waals surface area contributed by atoms with Crippen molar-refractivity contribution in [3.05, 3.63) is 11.6 Å². The van der Waals surface area contributed by atoms with E-state index >= 15 is 0 Å². The molecule has 0 bridgehead atoms. The zero-order valence-electron chi connectivity index (χ0n) is 4.80. The molecule has 0 radical (unpaired) electrons. The third-order valence-electron chi connectivity index (χ3n) is 0.830. The summed E-state index contributed by atoms with van der Waals surface area (Å²) in [5.41, 5.74) is -0.556. The summed E-state index contributed by atoms with van der Waals surface area (Å²) < 4.78 is 34.6. The van der Waals surface area contributed by atoms with Crippen LogP contribution in [0, 0.1) is 0 Å². The third-order valence-corrected chi connectivity index (χ3v) is 1.15. The summed E-state index contributed by atoms with van der Waals surface area (Å²) in [4.78, 5) is 0. The lowest BCUT2D eigenvalue weighted by atomic mass is 10.3. The molecule has 0 saturated heterocycles. The van der Waals surface area contributed by atoms with Gasteiger partial charge in [0.25, 0.3) is 0 Å². The highest BCUT2D eigenvalue weighted by Crippen LogP contribution is 2.24. The van der Waals surface area contributed by atoms with Gasteiger partial charge in [-0.2, -0.15) is 13.2 Å². The van der Waals surface area contributed by atoms with Crippen molar-refractivity contribution >= 4 is 15.9 Å². The number of halogens is 4. The van der Waals surface area contributed by atoms with Gasteiger partial charge in [0.2, 0.25) is 0 Å². The second-order valence-corrected chi connectivity index (χ2v) is 2.19. The predicted octanol–water partition coefficient (Wildman–Crippen LogP) is 2.89. The molecule has 0 nitrogen and oxygen atoms in total. The minimum atomic E-state index is -4.16. The molecule has 0 fully saturated rings. The van der Waals surface area contributed by atoms with E-state index in [1.54, 1.807) is 0 Å². The van der Waals surface area contributed by atoms with Crippen LogP contribution in [0.1, 0.15) is 6.92 Å². The van der Waals surface area contributed by atoms with Gasteiger partial charge in [-0.15, -0.1) is 0 Å². The quantitative estimate of drug-likeness (QED) is 0.454. The predicted molar refractivity (Wildman–Crippen MR) is 33.6 cm³/mol. The Morgan fingerprint density at radius 3 is 2.11 bits per heavy atom. The molecule has 0 aromatic heterocycles.